The molecular formula is C16H24N4. The van der Waals surface area contributed by atoms with Gasteiger partial charge in [-0.15, -0.1) is 5.10 Å². The summed E-state index contributed by atoms with van der Waals surface area (Å²) in [6.07, 6.45) is 1.98. The van der Waals surface area contributed by atoms with Gasteiger partial charge in [0.05, 0.1) is 17.6 Å². The van der Waals surface area contributed by atoms with Gasteiger partial charge in [0.25, 0.3) is 0 Å². The third-order valence-corrected chi connectivity index (χ3v) is 3.22. The van der Waals surface area contributed by atoms with E-state index in [4.69, 9.17) is 0 Å². The summed E-state index contributed by atoms with van der Waals surface area (Å²) >= 11 is 0. The summed E-state index contributed by atoms with van der Waals surface area (Å²) in [6, 6.07) is 8.49. The zero-order valence-electron chi connectivity index (χ0n) is 12.8. The molecule has 0 aliphatic carbocycles. The first-order valence-electron chi connectivity index (χ1n) is 7.28. The van der Waals surface area contributed by atoms with Crippen molar-refractivity contribution < 1.29 is 0 Å². The minimum Gasteiger partial charge on any atom is -0.311 e. The van der Waals surface area contributed by atoms with Gasteiger partial charge >= 0.3 is 0 Å². The van der Waals surface area contributed by atoms with Crippen molar-refractivity contribution in [1.82, 2.24) is 20.3 Å². The average molecular weight is 272 g/mol. The van der Waals surface area contributed by atoms with Gasteiger partial charge in [-0.25, -0.2) is 4.68 Å². The smallest absolute Gasteiger partial charge is 0.0969 e. The van der Waals surface area contributed by atoms with Gasteiger partial charge < -0.3 is 5.32 Å². The van der Waals surface area contributed by atoms with E-state index in [9.17, 15) is 0 Å². The Balaban J connectivity index is 2.01. The second-order valence-electron chi connectivity index (χ2n) is 5.93. The molecule has 0 spiro atoms. The van der Waals surface area contributed by atoms with E-state index in [0.717, 1.165) is 24.5 Å². The van der Waals surface area contributed by atoms with Gasteiger partial charge in [0, 0.05) is 6.54 Å². The van der Waals surface area contributed by atoms with E-state index >= 15 is 0 Å². The highest BCUT2D eigenvalue weighted by molar-refractivity contribution is 5.34. The first kappa shape index (κ1) is 14.7. The molecule has 0 aliphatic rings. The van der Waals surface area contributed by atoms with Gasteiger partial charge in [0.2, 0.25) is 0 Å². The lowest BCUT2D eigenvalue weighted by Crippen LogP contribution is -2.19. The number of nitrogens with one attached hydrogen (secondary N) is 1. The number of aromatic nitrogens is 3. The predicted octanol–water partition coefficient (Wildman–Crippen LogP) is 3.14. The summed E-state index contributed by atoms with van der Waals surface area (Å²) in [5, 5.41) is 11.8. The fourth-order valence-electron chi connectivity index (χ4n) is 2.01. The minimum atomic E-state index is 0.551. The van der Waals surface area contributed by atoms with Crippen molar-refractivity contribution in [2.45, 2.75) is 40.2 Å². The van der Waals surface area contributed by atoms with Gasteiger partial charge in [-0.2, -0.15) is 0 Å². The molecule has 0 saturated carbocycles. The molecule has 1 aromatic heterocycles. The largest absolute Gasteiger partial charge is 0.311 e. The normalized spacial score (nSPS) is 11.5. The Hall–Kier alpha value is -1.68. The highest BCUT2D eigenvalue weighted by Gasteiger charge is 2.04. The Morgan fingerprint density at radius 3 is 2.40 bits per heavy atom. The van der Waals surface area contributed by atoms with Crippen LogP contribution in [0.4, 0.5) is 0 Å². The summed E-state index contributed by atoms with van der Waals surface area (Å²) < 4.78 is 1.83. The number of rotatable bonds is 6. The molecule has 0 aliphatic heterocycles. The lowest BCUT2D eigenvalue weighted by Gasteiger charge is -2.06. The molecule has 0 saturated heterocycles. The van der Waals surface area contributed by atoms with Crippen LogP contribution in [-0.4, -0.2) is 21.5 Å². The predicted molar refractivity (Wildman–Crippen MR) is 82.0 cm³/mol. The van der Waals surface area contributed by atoms with E-state index in [1.807, 2.05) is 10.9 Å². The Labute approximate surface area is 121 Å². The van der Waals surface area contributed by atoms with E-state index in [0.29, 0.717) is 11.8 Å². The molecule has 1 aromatic carbocycles. The van der Waals surface area contributed by atoms with Crippen LogP contribution in [0.15, 0.2) is 30.5 Å². The van der Waals surface area contributed by atoms with Crippen LogP contribution >= 0.6 is 0 Å². The average Bonchev–Trinajstić information content (AvgIpc) is 2.87. The van der Waals surface area contributed by atoms with Gasteiger partial charge in [0.15, 0.2) is 0 Å². The first-order chi connectivity index (χ1) is 9.56. The van der Waals surface area contributed by atoms with Crippen LogP contribution in [0.3, 0.4) is 0 Å². The van der Waals surface area contributed by atoms with Crippen LogP contribution in [0.5, 0.6) is 0 Å². The zero-order chi connectivity index (χ0) is 14.5. The third kappa shape index (κ3) is 3.90. The lowest BCUT2D eigenvalue weighted by atomic mass is 10.0. The Morgan fingerprint density at radius 1 is 1.10 bits per heavy atom. The Kier molecular flexibility index (Phi) is 4.90. The standard InChI is InChI=1S/C16H24N4/c1-12(2)9-17-10-15-11-20(19-18-15)16-7-5-14(6-8-16)13(3)4/h5-8,11-13,17H,9-10H2,1-4H3. The monoisotopic (exact) mass is 272 g/mol. The maximum atomic E-state index is 4.20. The molecule has 1 heterocycles. The van der Waals surface area contributed by atoms with Crippen molar-refractivity contribution in [1.29, 1.82) is 0 Å². The molecule has 0 unspecified atom stereocenters. The van der Waals surface area contributed by atoms with Crippen LogP contribution in [0.1, 0.15) is 44.9 Å². The number of hydrogen-bond acceptors (Lipinski definition) is 3. The number of hydrogen-bond donors (Lipinski definition) is 1. The second-order valence-corrected chi connectivity index (χ2v) is 5.93. The molecule has 4 heteroatoms. The molecule has 0 atom stereocenters. The Morgan fingerprint density at radius 2 is 1.80 bits per heavy atom. The summed E-state index contributed by atoms with van der Waals surface area (Å²) in [6.45, 7) is 10.5. The molecule has 0 bridgehead atoms. The highest BCUT2D eigenvalue weighted by atomic mass is 15.4. The molecule has 2 rings (SSSR count). The van der Waals surface area contributed by atoms with Crippen molar-refractivity contribution in [3.63, 3.8) is 0 Å². The number of nitrogens with zero attached hydrogens (tertiary/aromatic N) is 3. The minimum absolute atomic E-state index is 0.551. The van der Waals surface area contributed by atoms with E-state index in [1.165, 1.54) is 5.56 Å². The summed E-state index contributed by atoms with van der Waals surface area (Å²) in [7, 11) is 0. The summed E-state index contributed by atoms with van der Waals surface area (Å²) in [5.41, 5.74) is 3.36. The van der Waals surface area contributed by atoms with Crippen LogP contribution < -0.4 is 5.32 Å². The fraction of sp³-hybridized carbons (Fsp3) is 0.500. The molecule has 0 radical (unpaired) electrons. The Bertz CT molecular complexity index is 526. The molecule has 2 aromatic rings. The molecule has 108 valence electrons. The highest BCUT2D eigenvalue weighted by Crippen LogP contribution is 2.16. The van der Waals surface area contributed by atoms with Crippen molar-refractivity contribution in [3.8, 4) is 5.69 Å². The zero-order valence-corrected chi connectivity index (χ0v) is 12.8. The van der Waals surface area contributed by atoms with Crippen molar-refractivity contribution >= 4 is 0 Å². The van der Waals surface area contributed by atoms with E-state index in [2.05, 4.69) is 67.6 Å². The van der Waals surface area contributed by atoms with Crippen molar-refractivity contribution in [2.24, 2.45) is 5.92 Å². The van der Waals surface area contributed by atoms with Crippen LogP contribution in [-0.2, 0) is 6.54 Å². The van der Waals surface area contributed by atoms with Gasteiger partial charge in [-0.1, -0.05) is 45.0 Å². The SMILES string of the molecule is CC(C)CNCc1cn(-c2ccc(C(C)C)cc2)nn1. The maximum absolute atomic E-state index is 4.20. The maximum Gasteiger partial charge on any atom is 0.0969 e. The molecule has 4 nitrogen and oxygen atoms in total. The third-order valence-electron chi connectivity index (χ3n) is 3.22. The summed E-state index contributed by atoms with van der Waals surface area (Å²) in [5.74, 6) is 1.20. The van der Waals surface area contributed by atoms with Gasteiger partial charge in [-0.05, 0) is 36.1 Å². The molecule has 20 heavy (non-hydrogen) atoms. The molecule has 0 fully saturated rings. The quantitative estimate of drug-likeness (QED) is 0.878. The van der Waals surface area contributed by atoms with E-state index in [1.54, 1.807) is 0 Å². The van der Waals surface area contributed by atoms with Crippen molar-refractivity contribution in [2.75, 3.05) is 6.54 Å². The van der Waals surface area contributed by atoms with Crippen LogP contribution in [0.2, 0.25) is 0 Å². The molecule has 1 N–H and O–H groups in total. The van der Waals surface area contributed by atoms with Crippen LogP contribution in [0, 0.1) is 5.92 Å². The molecular weight excluding hydrogens is 248 g/mol. The second kappa shape index (κ2) is 6.66. The van der Waals surface area contributed by atoms with E-state index in [-0.39, 0.29) is 0 Å². The molecule has 0 amide bonds. The number of benzene rings is 1. The van der Waals surface area contributed by atoms with E-state index < -0.39 is 0 Å². The van der Waals surface area contributed by atoms with Gasteiger partial charge in [0.1, 0.15) is 0 Å². The van der Waals surface area contributed by atoms with Crippen molar-refractivity contribution in [3.05, 3.63) is 41.7 Å². The van der Waals surface area contributed by atoms with Gasteiger partial charge in [-0.3, -0.25) is 0 Å². The van der Waals surface area contributed by atoms with Crippen LogP contribution in [0.25, 0.3) is 5.69 Å². The first-order valence-corrected chi connectivity index (χ1v) is 7.28. The lowest BCUT2D eigenvalue weighted by molar-refractivity contribution is 0.548. The summed E-state index contributed by atoms with van der Waals surface area (Å²) in [4.78, 5) is 0. The topological polar surface area (TPSA) is 42.7 Å². The fourth-order valence-corrected chi connectivity index (χ4v) is 2.01.